The van der Waals surface area contributed by atoms with Gasteiger partial charge < -0.3 is 9.84 Å². The molecule has 0 fully saturated rings. The first-order valence-corrected chi connectivity index (χ1v) is 3.55. The van der Waals surface area contributed by atoms with Crippen LogP contribution in [0.15, 0.2) is 0 Å². The molecule has 0 saturated heterocycles. The van der Waals surface area contributed by atoms with Crippen LogP contribution in [0.3, 0.4) is 0 Å². The Morgan fingerprint density at radius 2 is 2.18 bits per heavy atom. The number of carbonyl (C=O) groups is 1. The van der Waals surface area contributed by atoms with E-state index in [0.29, 0.717) is 6.61 Å². The van der Waals surface area contributed by atoms with Crippen LogP contribution < -0.4 is 5.32 Å². The van der Waals surface area contributed by atoms with E-state index in [9.17, 15) is 4.79 Å². The molecule has 0 aliphatic rings. The van der Waals surface area contributed by atoms with Gasteiger partial charge in [0.1, 0.15) is 6.04 Å². The molecule has 0 rings (SSSR count). The molecule has 2 N–H and O–H groups in total. The summed E-state index contributed by atoms with van der Waals surface area (Å²) in [5, 5.41) is 11.4. The molecule has 0 spiro atoms. The quantitative estimate of drug-likeness (QED) is 0.599. The van der Waals surface area contributed by atoms with E-state index < -0.39 is 12.0 Å². The van der Waals surface area contributed by atoms with Crippen molar-refractivity contribution < 1.29 is 14.6 Å². The fourth-order valence-corrected chi connectivity index (χ4v) is 0.796. The van der Waals surface area contributed by atoms with Gasteiger partial charge in [-0.3, -0.25) is 10.1 Å². The molecule has 0 saturated carbocycles. The zero-order chi connectivity index (χ0) is 8.85. The first kappa shape index (κ1) is 10.4. The van der Waals surface area contributed by atoms with Crippen molar-refractivity contribution in [3.63, 3.8) is 0 Å². The van der Waals surface area contributed by atoms with Crippen molar-refractivity contribution in [2.24, 2.45) is 0 Å². The summed E-state index contributed by atoms with van der Waals surface area (Å²) >= 11 is 0. The summed E-state index contributed by atoms with van der Waals surface area (Å²) in [4.78, 5) is 10.3. The van der Waals surface area contributed by atoms with E-state index in [1.807, 2.05) is 6.92 Å². The Hall–Kier alpha value is -0.610. The van der Waals surface area contributed by atoms with Crippen LogP contribution in [0.4, 0.5) is 0 Å². The maximum absolute atomic E-state index is 10.3. The van der Waals surface area contributed by atoms with Crippen molar-refractivity contribution in [1.82, 2.24) is 5.32 Å². The summed E-state index contributed by atoms with van der Waals surface area (Å²) in [5.41, 5.74) is 0. The highest BCUT2D eigenvalue weighted by atomic mass is 16.5. The van der Waals surface area contributed by atoms with Gasteiger partial charge >= 0.3 is 5.97 Å². The number of nitrogens with one attached hydrogen (secondary N) is 1. The molecule has 2 atom stereocenters. The van der Waals surface area contributed by atoms with Crippen molar-refractivity contribution >= 4 is 5.97 Å². The third-order valence-corrected chi connectivity index (χ3v) is 1.32. The molecule has 11 heavy (non-hydrogen) atoms. The smallest absolute Gasteiger partial charge is 0.320 e. The second-order valence-corrected chi connectivity index (χ2v) is 2.58. The minimum absolute atomic E-state index is 0.0751. The van der Waals surface area contributed by atoms with Gasteiger partial charge in [0.15, 0.2) is 0 Å². The predicted octanol–water partition coefficient (Wildman–Crippen LogP) is 0.0840. The van der Waals surface area contributed by atoms with Gasteiger partial charge in [0, 0.05) is 13.2 Å². The fourth-order valence-electron chi connectivity index (χ4n) is 0.796. The molecule has 0 bridgehead atoms. The lowest BCUT2D eigenvalue weighted by atomic mass is 10.3. The summed E-state index contributed by atoms with van der Waals surface area (Å²) in [6.45, 7) is 4.01. The molecular weight excluding hydrogens is 146 g/mol. The van der Waals surface area contributed by atoms with E-state index in [1.165, 1.54) is 0 Å². The third-order valence-electron chi connectivity index (χ3n) is 1.32. The third kappa shape index (κ3) is 4.75. The zero-order valence-electron chi connectivity index (χ0n) is 7.13. The Morgan fingerprint density at radius 1 is 1.64 bits per heavy atom. The summed E-state index contributed by atoms with van der Waals surface area (Å²) in [6, 6.07) is -0.439. The molecule has 0 aliphatic carbocycles. The van der Waals surface area contributed by atoms with Crippen LogP contribution in [0.5, 0.6) is 0 Å². The lowest BCUT2D eigenvalue weighted by molar-refractivity contribution is -0.139. The molecule has 0 amide bonds. The summed E-state index contributed by atoms with van der Waals surface area (Å²) in [7, 11) is 1.59. The minimum atomic E-state index is -0.840. The largest absolute Gasteiger partial charge is 0.480 e. The molecule has 66 valence electrons. The molecule has 4 heteroatoms. The lowest BCUT2D eigenvalue weighted by Crippen LogP contribution is -2.41. The van der Waals surface area contributed by atoms with Crippen LogP contribution in [0.1, 0.15) is 13.8 Å². The molecule has 0 aromatic rings. The Bertz CT molecular complexity index is 127. The second kappa shape index (κ2) is 5.09. The van der Waals surface area contributed by atoms with Crippen LogP contribution >= 0.6 is 0 Å². The van der Waals surface area contributed by atoms with Crippen molar-refractivity contribution in [2.45, 2.75) is 25.9 Å². The van der Waals surface area contributed by atoms with Gasteiger partial charge in [-0.2, -0.15) is 0 Å². The van der Waals surface area contributed by atoms with Gasteiger partial charge in [-0.15, -0.1) is 0 Å². The van der Waals surface area contributed by atoms with E-state index in [0.717, 1.165) is 0 Å². The molecule has 0 radical (unpaired) electrons. The molecule has 0 aliphatic heterocycles. The number of ether oxygens (including phenoxy) is 1. The first-order chi connectivity index (χ1) is 5.07. The molecule has 0 aromatic carbocycles. The van der Waals surface area contributed by atoms with Gasteiger partial charge in [-0.1, -0.05) is 0 Å². The molecule has 4 nitrogen and oxygen atoms in total. The van der Waals surface area contributed by atoms with Gasteiger partial charge in [-0.05, 0) is 13.8 Å². The van der Waals surface area contributed by atoms with Crippen LogP contribution in [-0.2, 0) is 9.53 Å². The van der Waals surface area contributed by atoms with Gasteiger partial charge in [-0.25, -0.2) is 0 Å². The maximum Gasteiger partial charge on any atom is 0.320 e. The zero-order valence-corrected chi connectivity index (χ0v) is 7.13. The second-order valence-electron chi connectivity index (χ2n) is 2.58. The van der Waals surface area contributed by atoms with Crippen molar-refractivity contribution in [1.29, 1.82) is 0 Å². The molecule has 0 heterocycles. The Kier molecular flexibility index (Phi) is 4.81. The number of carboxylic acid groups (broad SMARTS) is 1. The minimum Gasteiger partial charge on any atom is -0.480 e. The van der Waals surface area contributed by atoms with Gasteiger partial charge in [0.05, 0.1) is 6.61 Å². The number of carboxylic acids is 1. The van der Waals surface area contributed by atoms with E-state index in [4.69, 9.17) is 9.84 Å². The number of methoxy groups -OCH3 is 1. The number of hydrogen-bond donors (Lipinski definition) is 2. The summed E-state index contributed by atoms with van der Waals surface area (Å²) in [6.07, 6.45) is 0. The highest BCUT2D eigenvalue weighted by molar-refractivity contribution is 5.72. The Morgan fingerprint density at radius 3 is 2.55 bits per heavy atom. The monoisotopic (exact) mass is 161 g/mol. The lowest BCUT2D eigenvalue weighted by Gasteiger charge is -2.15. The van der Waals surface area contributed by atoms with Crippen molar-refractivity contribution in [3.8, 4) is 0 Å². The highest BCUT2D eigenvalue weighted by Crippen LogP contribution is 1.87. The molecule has 0 aromatic heterocycles. The topological polar surface area (TPSA) is 58.6 Å². The van der Waals surface area contributed by atoms with Crippen LogP contribution in [0, 0.1) is 0 Å². The van der Waals surface area contributed by atoms with E-state index in [2.05, 4.69) is 5.32 Å². The summed E-state index contributed by atoms with van der Waals surface area (Å²) < 4.78 is 4.83. The average Bonchev–Trinajstić information content (AvgIpc) is 1.87. The van der Waals surface area contributed by atoms with Gasteiger partial charge in [0.25, 0.3) is 0 Å². The molecule has 0 unspecified atom stereocenters. The Balaban J connectivity index is 3.56. The predicted molar refractivity (Wildman–Crippen MR) is 41.6 cm³/mol. The average molecular weight is 161 g/mol. The maximum atomic E-state index is 10.3. The number of aliphatic carboxylic acids is 1. The van der Waals surface area contributed by atoms with Crippen LogP contribution in [0.25, 0.3) is 0 Å². The van der Waals surface area contributed by atoms with Crippen LogP contribution in [0.2, 0.25) is 0 Å². The van der Waals surface area contributed by atoms with Crippen LogP contribution in [-0.4, -0.2) is 36.9 Å². The van der Waals surface area contributed by atoms with E-state index in [-0.39, 0.29) is 6.04 Å². The van der Waals surface area contributed by atoms with Crippen molar-refractivity contribution in [2.75, 3.05) is 13.7 Å². The first-order valence-electron chi connectivity index (χ1n) is 3.55. The number of hydrogen-bond acceptors (Lipinski definition) is 3. The normalized spacial score (nSPS) is 15.9. The Labute approximate surface area is 66.5 Å². The fraction of sp³-hybridized carbons (Fsp3) is 0.857. The number of rotatable bonds is 5. The highest BCUT2D eigenvalue weighted by Gasteiger charge is 2.12. The molecular formula is C7H15NO3. The standard InChI is InChI=1S/C7H15NO3/c1-5(4-11-3)8-6(2)7(9)10/h5-6,8H,4H2,1-3H3,(H,9,10)/t5-,6-/m0/s1. The van der Waals surface area contributed by atoms with Gasteiger partial charge in [0.2, 0.25) is 0 Å². The van der Waals surface area contributed by atoms with Crippen molar-refractivity contribution in [3.05, 3.63) is 0 Å². The summed E-state index contributed by atoms with van der Waals surface area (Å²) in [5.74, 6) is -0.840. The van der Waals surface area contributed by atoms with E-state index in [1.54, 1.807) is 14.0 Å². The SMILES string of the molecule is COC[C@H](C)N[C@@H](C)C(=O)O. The van der Waals surface area contributed by atoms with E-state index >= 15 is 0 Å².